The molecule has 4 rings (SSSR count). The summed E-state index contributed by atoms with van der Waals surface area (Å²) in [5.41, 5.74) is 1.30. The lowest BCUT2D eigenvalue weighted by molar-refractivity contribution is -0.122. The normalized spacial score (nSPS) is 15.3. The van der Waals surface area contributed by atoms with Crippen LogP contribution in [0.5, 0.6) is 0 Å². The number of hydrogen-bond donors (Lipinski definition) is 1. The third kappa shape index (κ3) is 3.30. The molecule has 1 aromatic carbocycles. The number of aromatic nitrogens is 4. The van der Waals surface area contributed by atoms with E-state index >= 15 is 0 Å². The molecule has 0 unspecified atom stereocenters. The van der Waals surface area contributed by atoms with Gasteiger partial charge in [0.15, 0.2) is 0 Å². The van der Waals surface area contributed by atoms with Crippen LogP contribution in [0, 0.1) is 0 Å². The molecule has 2 aromatic heterocycles. The lowest BCUT2D eigenvalue weighted by Gasteiger charge is -2.34. The van der Waals surface area contributed by atoms with Crippen molar-refractivity contribution in [2.75, 3.05) is 18.0 Å². The van der Waals surface area contributed by atoms with E-state index in [1.807, 2.05) is 18.2 Å². The van der Waals surface area contributed by atoms with Crippen molar-refractivity contribution in [3.63, 3.8) is 0 Å². The molecule has 1 N–H and O–H groups in total. The van der Waals surface area contributed by atoms with E-state index < -0.39 is 0 Å². The van der Waals surface area contributed by atoms with Crippen LogP contribution in [0.15, 0.2) is 53.7 Å². The van der Waals surface area contributed by atoms with Crippen molar-refractivity contribution in [2.24, 2.45) is 0 Å². The minimum absolute atomic E-state index is 0.0839. The molecule has 8 nitrogen and oxygen atoms in total. The molecule has 0 spiro atoms. The Hall–Kier alpha value is -3.16. The molecule has 0 bridgehead atoms. The molecule has 1 amide bonds. The maximum Gasteiger partial charge on any atom is 0.293 e. The molecule has 0 atom stereocenters. The summed E-state index contributed by atoms with van der Waals surface area (Å²) in [4.78, 5) is 26.9. The Morgan fingerprint density at radius 3 is 2.65 bits per heavy atom. The highest BCUT2D eigenvalue weighted by Gasteiger charge is 2.21. The Morgan fingerprint density at radius 2 is 1.88 bits per heavy atom. The Balaban J connectivity index is 1.34. The van der Waals surface area contributed by atoms with E-state index in [0.29, 0.717) is 5.52 Å². The second-order valence-electron chi connectivity index (χ2n) is 6.42. The van der Waals surface area contributed by atoms with Gasteiger partial charge in [-0.25, -0.2) is 9.20 Å². The second kappa shape index (κ2) is 6.99. The smallest absolute Gasteiger partial charge is 0.293 e. The monoisotopic (exact) mass is 352 g/mol. The predicted molar refractivity (Wildman–Crippen MR) is 97.1 cm³/mol. The number of hydrogen-bond acceptors (Lipinski definition) is 5. The SMILES string of the molecule is O=C(Cn1ncn2nccc2c1=O)NC1CCN(c2ccccc2)CC1. The topological polar surface area (TPSA) is 84.5 Å². The van der Waals surface area contributed by atoms with Gasteiger partial charge in [0.25, 0.3) is 5.56 Å². The molecule has 0 radical (unpaired) electrons. The number of anilines is 1. The first-order valence-electron chi connectivity index (χ1n) is 8.69. The lowest BCUT2D eigenvalue weighted by Crippen LogP contribution is -2.46. The lowest BCUT2D eigenvalue weighted by atomic mass is 10.0. The van der Waals surface area contributed by atoms with Gasteiger partial charge >= 0.3 is 0 Å². The van der Waals surface area contributed by atoms with E-state index in [4.69, 9.17) is 0 Å². The van der Waals surface area contributed by atoms with Gasteiger partial charge < -0.3 is 10.2 Å². The van der Waals surface area contributed by atoms with Crippen molar-refractivity contribution in [1.29, 1.82) is 0 Å². The molecule has 1 saturated heterocycles. The van der Waals surface area contributed by atoms with E-state index in [1.165, 1.54) is 27.4 Å². The zero-order chi connectivity index (χ0) is 17.9. The minimum atomic E-state index is -0.320. The average molecular weight is 352 g/mol. The Labute approximate surface area is 150 Å². The Kier molecular flexibility index (Phi) is 4.39. The summed E-state index contributed by atoms with van der Waals surface area (Å²) < 4.78 is 2.57. The van der Waals surface area contributed by atoms with Crippen molar-refractivity contribution in [1.82, 2.24) is 24.7 Å². The van der Waals surface area contributed by atoms with Gasteiger partial charge in [-0.05, 0) is 31.0 Å². The Morgan fingerprint density at radius 1 is 1.12 bits per heavy atom. The number of carbonyl (C=O) groups excluding carboxylic acids is 1. The number of amides is 1. The number of fused-ring (bicyclic) bond motifs is 1. The number of benzene rings is 1. The maximum absolute atomic E-state index is 12.3. The first-order chi connectivity index (χ1) is 12.7. The van der Waals surface area contributed by atoms with Crippen molar-refractivity contribution < 1.29 is 4.79 Å². The maximum atomic E-state index is 12.3. The minimum Gasteiger partial charge on any atom is -0.371 e. The first kappa shape index (κ1) is 16.3. The van der Waals surface area contributed by atoms with Crippen LogP contribution < -0.4 is 15.8 Å². The summed E-state index contributed by atoms with van der Waals surface area (Å²) >= 11 is 0. The van der Waals surface area contributed by atoms with E-state index in [1.54, 1.807) is 6.07 Å². The molecule has 26 heavy (non-hydrogen) atoms. The molecule has 1 aliphatic rings. The zero-order valence-electron chi connectivity index (χ0n) is 14.3. The summed E-state index contributed by atoms with van der Waals surface area (Å²) in [5, 5.41) is 11.0. The number of piperidine rings is 1. The summed E-state index contributed by atoms with van der Waals surface area (Å²) in [6.07, 6.45) is 4.72. The quantitative estimate of drug-likeness (QED) is 0.746. The number of nitrogens with zero attached hydrogens (tertiary/aromatic N) is 5. The largest absolute Gasteiger partial charge is 0.371 e. The third-order valence-corrected chi connectivity index (χ3v) is 4.70. The number of rotatable bonds is 4. The molecule has 3 aromatic rings. The van der Waals surface area contributed by atoms with Gasteiger partial charge in [-0.15, -0.1) is 0 Å². The van der Waals surface area contributed by atoms with E-state index in [2.05, 4.69) is 32.5 Å². The summed E-state index contributed by atoms with van der Waals surface area (Å²) in [6, 6.07) is 12.0. The first-order valence-corrected chi connectivity index (χ1v) is 8.69. The van der Waals surface area contributed by atoms with Gasteiger partial charge in [0.1, 0.15) is 18.4 Å². The molecular formula is C18H20N6O2. The zero-order valence-corrected chi connectivity index (χ0v) is 14.3. The molecule has 134 valence electrons. The van der Waals surface area contributed by atoms with Crippen LogP contribution in [0.4, 0.5) is 5.69 Å². The van der Waals surface area contributed by atoms with Crippen LogP contribution in [0.25, 0.3) is 5.52 Å². The van der Waals surface area contributed by atoms with Gasteiger partial charge in [0.2, 0.25) is 5.91 Å². The van der Waals surface area contributed by atoms with Gasteiger partial charge in [-0.2, -0.15) is 10.2 Å². The molecule has 1 aliphatic heterocycles. The van der Waals surface area contributed by atoms with Crippen LogP contribution in [0.2, 0.25) is 0 Å². The van der Waals surface area contributed by atoms with Crippen LogP contribution in [0.1, 0.15) is 12.8 Å². The van der Waals surface area contributed by atoms with Gasteiger partial charge in [-0.3, -0.25) is 9.59 Å². The summed E-state index contributed by atoms with van der Waals surface area (Å²) in [5.74, 6) is -0.193. The van der Waals surface area contributed by atoms with Crippen LogP contribution in [-0.2, 0) is 11.3 Å². The molecule has 0 aliphatic carbocycles. The van der Waals surface area contributed by atoms with Gasteiger partial charge in [0, 0.05) is 24.8 Å². The van der Waals surface area contributed by atoms with Crippen LogP contribution in [-0.4, -0.2) is 44.4 Å². The van der Waals surface area contributed by atoms with Crippen molar-refractivity contribution in [3.05, 3.63) is 59.3 Å². The van der Waals surface area contributed by atoms with Gasteiger partial charge in [-0.1, -0.05) is 18.2 Å². The Bertz CT molecular complexity index is 956. The highest BCUT2D eigenvalue weighted by atomic mass is 16.2. The van der Waals surface area contributed by atoms with E-state index in [9.17, 15) is 9.59 Å². The van der Waals surface area contributed by atoms with Crippen LogP contribution >= 0.6 is 0 Å². The highest BCUT2D eigenvalue weighted by molar-refractivity contribution is 5.76. The number of nitrogens with one attached hydrogen (secondary N) is 1. The predicted octanol–water partition coefficient (Wildman–Crippen LogP) is 0.676. The number of para-hydroxylation sites is 1. The van der Waals surface area contributed by atoms with Crippen LogP contribution in [0.3, 0.4) is 0 Å². The standard InChI is InChI=1S/C18H20N6O2/c25-17(12-23-18(26)16-6-9-19-24(16)13-20-23)21-14-7-10-22(11-8-14)15-4-2-1-3-5-15/h1-6,9,13-14H,7-8,10-12H2,(H,21,25). The molecular weight excluding hydrogens is 332 g/mol. The average Bonchev–Trinajstić information content (AvgIpc) is 3.15. The fourth-order valence-corrected chi connectivity index (χ4v) is 3.31. The van der Waals surface area contributed by atoms with Crippen molar-refractivity contribution in [2.45, 2.75) is 25.4 Å². The second-order valence-corrected chi connectivity index (χ2v) is 6.42. The van der Waals surface area contributed by atoms with Crippen molar-refractivity contribution in [3.8, 4) is 0 Å². The summed E-state index contributed by atoms with van der Waals surface area (Å²) in [7, 11) is 0. The highest BCUT2D eigenvalue weighted by Crippen LogP contribution is 2.19. The summed E-state index contributed by atoms with van der Waals surface area (Å²) in [6.45, 7) is 1.71. The van der Waals surface area contributed by atoms with Crippen molar-refractivity contribution >= 4 is 17.1 Å². The third-order valence-electron chi connectivity index (χ3n) is 4.70. The van der Waals surface area contributed by atoms with E-state index in [-0.39, 0.29) is 24.1 Å². The molecule has 0 saturated carbocycles. The molecule has 1 fully saturated rings. The number of carbonyl (C=O) groups is 1. The van der Waals surface area contributed by atoms with Gasteiger partial charge in [0.05, 0.1) is 6.20 Å². The fraction of sp³-hybridized carbons (Fsp3) is 0.333. The van der Waals surface area contributed by atoms with E-state index in [0.717, 1.165) is 25.9 Å². The molecule has 3 heterocycles. The molecule has 8 heteroatoms. The fourth-order valence-electron chi connectivity index (χ4n) is 3.31.